The lowest BCUT2D eigenvalue weighted by Gasteiger charge is -2.13. The van der Waals surface area contributed by atoms with E-state index in [9.17, 15) is 18.4 Å². The van der Waals surface area contributed by atoms with Crippen molar-refractivity contribution >= 4 is 22.6 Å². The minimum absolute atomic E-state index is 0.0810. The molecule has 0 aliphatic rings. The molecule has 7 heteroatoms. The highest BCUT2D eigenvalue weighted by molar-refractivity contribution is 5.93. The van der Waals surface area contributed by atoms with Crippen LogP contribution in [0.4, 0.5) is 14.5 Å². The molecule has 5 nitrogen and oxygen atoms in total. The minimum Gasteiger partial charge on any atom is -0.477 e. The normalized spacial score (nSPS) is 10.8. The highest BCUT2D eigenvalue weighted by Crippen LogP contribution is 2.22. The summed E-state index contributed by atoms with van der Waals surface area (Å²) < 4.78 is 27.8. The SMILES string of the molecule is CCNc1cc2c(cc1F)c(=O)c(C(=O)O)cn2CCF. The zero-order chi connectivity index (χ0) is 15.6. The number of aromatic nitrogens is 1. The van der Waals surface area contributed by atoms with Gasteiger partial charge in [0, 0.05) is 18.1 Å². The van der Waals surface area contributed by atoms with Gasteiger partial charge in [-0.3, -0.25) is 4.79 Å². The van der Waals surface area contributed by atoms with E-state index in [2.05, 4.69) is 5.32 Å². The Labute approximate surface area is 118 Å². The number of pyridine rings is 1. The third kappa shape index (κ3) is 2.72. The Kier molecular flexibility index (Phi) is 4.21. The number of hydrogen-bond donors (Lipinski definition) is 2. The first-order chi connectivity index (χ1) is 9.99. The van der Waals surface area contributed by atoms with Crippen LogP contribution in [0.15, 0.2) is 23.1 Å². The van der Waals surface area contributed by atoms with Gasteiger partial charge < -0.3 is 15.0 Å². The van der Waals surface area contributed by atoms with E-state index in [4.69, 9.17) is 5.11 Å². The van der Waals surface area contributed by atoms with Crippen LogP contribution in [0.25, 0.3) is 10.9 Å². The van der Waals surface area contributed by atoms with Crippen LogP contribution in [0.1, 0.15) is 17.3 Å². The predicted molar refractivity (Wildman–Crippen MR) is 75.3 cm³/mol. The van der Waals surface area contributed by atoms with Crippen molar-refractivity contribution in [3.8, 4) is 0 Å². The van der Waals surface area contributed by atoms with E-state index in [1.165, 1.54) is 10.6 Å². The topological polar surface area (TPSA) is 71.3 Å². The molecule has 0 aliphatic carbocycles. The molecule has 0 aliphatic heterocycles. The van der Waals surface area contributed by atoms with E-state index < -0.39 is 29.5 Å². The van der Waals surface area contributed by atoms with Crippen LogP contribution in [0, 0.1) is 5.82 Å². The van der Waals surface area contributed by atoms with Crippen molar-refractivity contribution in [2.75, 3.05) is 18.5 Å². The quantitative estimate of drug-likeness (QED) is 0.887. The molecule has 1 aromatic heterocycles. The first kappa shape index (κ1) is 15.0. The lowest BCUT2D eigenvalue weighted by Crippen LogP contribution is -2.20. The van der Waals surface area contributed by atoms with E-state index in [0.29, 0.717) is 12.1 Å². The molecule has 1 heterocycles. The lowest BCUT2D eigenvalue weighted by atomic mass is 10.1. The van der Waals surface area contributed by atoms with Crippen LogP contribution in [0.3, 0.4) is 0 Å². The summed E-state index contributed by atoms with van der Waals surface area (Å²) in [5, 5.41) is 11.7. The third-order valence-electron chi connectivity index (χ3n) is 3.09. The number of anilines is 1. The summed E-state index contributed by atoms with van der Waals surface area (Å²) in [6.07, 6.45) is 1.08. The van der Waals surface area contributed by atoms with Gasteiger partial charge in [0.25, 0.3) is 0 Å². The smallest absolute Gasteiger partial charge is 0.341 e. The number of carboxylic acid groups (broad SMARTS) is 1. The molecule has 1 aromatic carbocycles. The van der Waals surface area contributed by atoms with Crippen molar-refractivity contribution in [1.82, 2.24) is 4.57 Å². The van der Waals surface area contributed by atoms with E-state index in [1.54, 1.807) is 6.92 Å². The minimum atomic E-state index is -1.43. The summed E-state index contributed by atoms with van der Waals surface area (Å²) in [6, 6.07) is 2.37. The number of benzene rings is 1. The van der Waals surface area contributed by atoms with Gasteiger partial charge in [0.1, 0.15) is 18.1 Å². The molecule has 112 valence electrons. The van der Waals surface area contributed by atoms with Gasteiger partial charge in [-0.1, -0.05) is 0 Å². The monoisotopic (exact) mass is 296 g/mol. The molecule has 0 radical (unpaired) electrons. The fraction of sp³-hybridized carbons (Fsp3) is 0.286. The van der Waals surface area contributed by atoms with Gasteiger partial charge in [0.05, 0.1) is 17.7 Å². The number of aromatic carboxylic acids is 1. The van der Waals surface area contributed by atoms with Crippen LogP contribution in [-0.4, -0.2) is 28.9 Å². The zero-order valence-electron chi connectivity index (χ0n) is 11.3. The van der Waals surface area contributed by atoms with Gasteiger partial charge in [-0.05, 0) is 19.1 Å². The number of alkyl halides is 1. The van der Waals surface area contributed by atoms with E-state index in [-0.39, 0.29) is 17.6 Å². The Hall–Kier alpha value is -2.44. The van der Waals surface area contributed by atoms with Crippen LogP contribution < -0.4 is 10.7 Å². The van der Waals surface area contributed by atoms with Crippen molar-refractivity contribution in [3.05, 3.63) is 39.9 Å². The summed E-state index contributed by atoms with van der Waals surface area (Å²) in [5.41, 5.74) is -0.818. The van der Waals surface area contributed by atoms with Crippen molar-refractivity contribution in [2.24, 2.45) is 0 Å². The average Bonchev–Trinajstić information content (AvgIpc) is 2.43. The predicted octanol–water partition coefficient (Wildman–Crippen LogP) is 2.24. The van der Waals surface area contributed by atoms with Crippen molar-refractivity contribution in [3.63, 3.8) is 0 Å². The highest BCUT2D eigenvalue weighted by Gasteiger charge is 2.16. The molecule has 2 rings (SSSR count). The highest BCUT2D eigenvalue weighted by atomic mass is 19.1. The first-order valence-electron chi connectivity index (χ1n) is 6.39. The second kappa shape index (κ2) is 5.90. The summed E-state index contributed by atoms with van der Waals surface area (Å²) >= 11 is 0. The van der Waals surface area contributed by atoms with Crippen molar-refractivity contribution < 1.29 is 18.7 Å². The maximum absolute atomic E-state index is 13.9. The molecule has 2 N–H and O–H groups in total. The maximum Gasteiger partial charge on any atom is 0.341 e. The van der Waals surface area contributed by atoms with Gasteiger partial charge in [0.15, 0.2) is 0 Å². The van der Waals surface area contributed by atoms with Crippen LogP contribution in [0.5, 0.6) is 0 Å². The van der Waals surface area contributed by atoms with Crippen molar-refractivity contribution in [1.29, 1.82) is 0 Å². The fourth-order valence-electron chi connectivity index (χ4n) is 2.16. The summed E-state index contributed by atoms with van der Waals surface area (Å²) in [6.45, 7) is 1.41. The maximum atomic E-state index is 13.9. The number of aryl methyl sites for hydroxylation is 1. The number of carboxylic acids is 1. The molecular formula is C14H14F2N2O3. The Bertz CT molecular complexity index is 756. The largest absolute Gasteiger partial charge is 0.477 e. The Morgan fingerprint density at radius 2 is 2.14 bits per heavy atom. The molecule has 0 unspecified atom stereocenters. The van der Waals surface area contributed by atoms with Gasteiger partial charge in [-0.25, -0.2) is 13.6 Å². The molecule has 0 saturated heterocycles. The number of carbonyl (C=O) groups is 1. The molecule has 0 bridgehead atoms. The Balaban J connectivity index is 2.83. The second-order valence-electron chi connectivity index (χ2n) is 4.44. The second-order valence-corrected chi connectivity index (χ2v) is 4.44. The zero-order valence-corrected chi connectivity index (χ0v) is 11.3. The number of fused-ring (bicyclic) bond motifs is 1. The molecule has 21 heavy (non-hydrogen) atoms. The standard InChI is InChI=1S/C14H14F2N2O3/c1-2-17-11-6-12-8(5-10(11)16)13(19)9(14(20)21)7-18(12)4-3-15/h5-7,17H,2-4H2,1H3,(H,20,21). The van der Waals surface area contributed by atoms with Gasteiger partial charge >= 0.3 is 5.97 Å². The van der Waals surface area contributed by atoms with Crippen LogP contribution in [0.2, 0.25) is 0 Å². The molecule has 0 fully saturated rings. The third-order valence-corrected chi connectivity index (χ3v) is 3.09. The number of rotatable bonds is 5. The Morgan fingerprint density at radius 3 is 2.71 bits per heavy atom. The number of nitrogens with one attached hydrogen (secondary N) is 1. The van der Waals surface area contributed by atoms with E-state index in [1.807, 2.05) is 0 Å². The van der Waals surface area contributed by atoms with Gasteiger partial charge in [-0.2, -0.15) is 0 Å². The molecule has 2 aromatic rings. The average molecular weight is 296 g/mol. The Morgan fingerprint density at radius 1 is 1.43 bits per heavy atom. The van der Waals surface area contributed by atoms with Gasteiger partial charge in [-0.15, -0.1) is 0 Å². The summed E-state index contributed by atoms with van der Waals surface area (Å²) in [7, 11) is 0. The van der Waals surface area contributed by atoms with Crippen LogP contribution in [-0.2, 0) is 6.54 Å². The van der Waals surface area contributed by atoms with E-state index in [0.717, 1.165) is 12.3 Å². The number of hydrogen-bond acceptors (Lipinski definition) is 3. The number of halogens is 2. The van der Waals surface area contributed by atoms with Crippen LogP contribution >= 0.6 is 0 Å². The van der Waals surface area contributed by atoms with E-state index >= 15 is 0 Å². The molecular weight excluding hydrogens is 282 g/mol. The first-order valence-corrected chi connectivity index (χ1v) is 6.39. The summed E-state index contributed by atoms with van der Waals surface area (Å²) in [5.74, 6) is -2.08. The van der Waals surface area contributed by atoms with Crippen molar-refractivity contribution in [2.45, 2.75) is 13.5 Å². The summed E-state index contributed by atoms with van der Waals surface area (Å²) in [4.78, 5) is 23.1. The fourth-order valence-corrected chi connectivity index (χ4v) is 2.16. The number of nitrogens with zero attached hydrogens (tertiary/aromatic N) is 1. The van der Waals surface area contributed by atoms with Gasteiger partial charge in [0.2, 0.25) is 5.43 Å². The molecule has 0 saturated carbocycles. The molecule has 0 amide bonds. The molecule has 0 atom stereocenters. The molecule has 0 spiro atoms. The lowest BCUT2D eigenvalue weighted by molar-refractivity contribution is 0.0694.